The third-order valence-electron chi connectivity index (χ3n) is 1.90. The van der Waals surface area contributed by atoms with Gasteiger partial charge in [-0.3, -0.25) is 9.59 Å². The summed E-state index contributed by atoms with van der Waals surface area (Å²) in [5.41, 5.74) is 0. The molecule has 0 rings (SSSR count). The molecule has 0 fully saturated rings. The van der Waals surface area contributed by atoms with E-state index in [4.69, 9.17) is 0 Å². The summed E-state index contributed by atoms with van der Waals surface area (Å²) in [5.74, 6) is -4.19. The van der Waals surface area contributed by atoms with Gasteiger partial charge in [0, 0.05) is 12.2 Å². The van der Waals surface area contributed by atoms with Gasteiger partial charge in [-0.05, 0) is 13.8 Å². The first-order chi connectivity index (χ1) is 8.90. The van der Waals surface area contributed by atoms with Crippen LogP contribution >= 0.6 is 0 Å². The van der Waals surface area contributed by atoms with Crippen molar-refractivity contribution in [1.82, 2.24) is 0 Å². The molecular formula is C13H16O6. The van der Waals surface area contributed by atoms with Gasteiger partial charge in [0.2, 0.25) is 0 Å². The largest absolute Gasteiger partial charge is 0.390 e. The second-order valence-electron chi connectivity index (χ2n) is 3.64. The van der Waals surface area contributed by atoms with Crippen molar-refractivity contribution in [1.29, 1.82) is 0 Å². The normalized spacial score (nSPS) is 12.4. The molecule has 19 heavy (non-hydrogen) atoms. The van der Waals surface area contributed by atoms with Gasteiger partial charge in [-0.1, -0.05) is 19.1 Å². The first kappa shape index (κ1) is 16.8. The summed E-state index contributed by atoms with van der Waals surface area (Å²) in [6.07, 6.45) is 4.66. The molecule has 0 aliphatic rings. The van der Waals surface area contributed by atoms with E-state index in [1.807, 2.05) is 0 Å². The van der Waals surface area contributed by atoms with Crippen LogP contribution in [0, 0.1) is 5.92 Å². The maximum absolute atomic E-state index is 11.4. The van der Waals surface area contributed by atoms with Crippen molar-refractivity contribution >= 4 is 23.9 Å². The van der Waals surface area contributed by atoms with E-state index in [0.29, 0.717) is 0 Å². The van der Waals surface area contributed by atoms with Gasteiger partial charge >= 0.3 is 23.9 Å². The van der Waals surface area contributed by atoms with Crippen LogP contribution in [0.5, 0.6) is 0 Å². The highest BCUT2D eigenvalue weighted by Crippen LogP contribution is 2.07. The molecule has 0 spiro atoms. The number of ether oxygens (including phenoxy) is 2. The third kappa shape index (κ3) is 7.64. The number of carbonyl (C=O) groups excluding carboxylic acids is 4. The lowest BCUT2D eigenvalue weighted by Gasteiger charge is -2.07. The monoisotopic (exact) mass is 268 g/mol. The van der Waals surface area contributed by atoms with Crippen molar-refractivity contribution in [3.05, 3.63) is 24.3 Å². The van der Waals surface area contributed by atoms with E-state index in [1.165, 1.54) is 19.1 Å². The van der Waals surface area contributed by atoms with E-state index < -0.39 is 29.8 Å². The first-order valence-electron chi connectivity index (χ1n) is 5.66. The molecule has 0 aliphatic heterocycles. The van der Waals surface area contributed by atoms with Gasteiger partial charge in [0.25, 0.3) is 0 Å². The van der Waals surface area contributed by atoms with Crippen molar-refractivity contribution in [3.63, 3.8) is 0 Å². The Kier molecular flexibility index (Phi) is 7.76. The molecule has 0 saturated carbocycles. The number of hydrogen-bond acceptors (Lipinski definition) is 6. The van der Waals surface area contributed by atoms with Crippen molar-refractivity contribution < 1.29 is 28.7 Å². The quantitative estimate of drug-likeness (QED) is 0.424. The van der Waals surface area contributed by atoms with Crippen LogP contribution in [-0.2, 0) is 28.7 Å². The third-order valence-corrected chi connectivity index (χ3v) is 1.90. The molecule has 0 bridgehead atoms. The molecule has 0 N–H and O–H groups in total. The summed E-state index contributed by atoms with van der Waals surface area (Å²) in [6, 6.07) is 0. The summed E-state index contributed by atoms with van der Waals surface area (Å²) in [4.78, 5) is 44.6. The molecule has 0 saturated heterocycles. The minimum absolute atomic E-state index is 0.342. The van der Waals surface area contributed by atoms with Gasteiger partial charge in [0.1, 0.15) is 0 Å². The molecule has 0 aromatic rings. The average Bonchev–Trinajstić information content (AvgIpc) is 2.28. The molecule has 6 nitrogen and oxygen atoms in total. The van der Waals surface area contributed by atoms with Gasteiger partial charge in [-0.2, -0.15) is 0 Å². The second kappa shape index (κ2) is 8.79. The minimum Gasteiger partial charge on any atom is -0.390 e. The van der Waals surface area contributed by atoms with E-state index in [9.17, 15) is 19.2 Å². The molecule has 6 heteroatoms. The highest BCUT2D eigenvalue weighted by atomic mass is 16.6. The maximum Gasteiger partial charge on any atom is 0.338 e. The zero-order valence-corrected chi connectivity index (χ0v) is 11.0. The number of hydrogen-bond donors (Lipinski definition) is 0. The lowest BCUT2D eigenvalue weighted by atomic mass is 10.1. The van der Waals surface area contributed by atoms with Gasteiger partial charge in [0.15, 0.2) is 0 Å². The van der Waals surface area contributed by atoms with E-state index >= 15 is 0 Å². The zero-order valence-electron chi connectivity index (χ0n) is 11.0. The molecule has 0 aromatic heterocycles. The first-order valence-corrected chi connectivity index (χ1v) is 5.66. The van der Waals surface area contributed by atoms with Crippen molar-refractivity contribution in [2.45, 2.75) is 27.2 Å². The fraction of sp³-hybridized carbons (Fsp3) is 0.385. The summed E-state index contributed by atoms with van der Waals surface area (Å²) >= 11 is 0. The molecular weight excluding hydrogens is 252 g/mol. The molecule has 1 atom stereocenters. The Morgan fingerprint density at radius 3 is 1.89 bits per heavy atom. The molecule has 0 heterocycles. The van der Waals surface area contributed by atoms with Gasteiger partial charge in [0.05, 0.1) is 12.3 Å². The number of rotatable bonds is 5. The summed E-state index contributed by atoms with van der Waals surface area (Å²) < 4.78 is 8.83. The number of esters is 4. The predicted octanol–water partition coefficient (Wildman–Crippen LogP) is 1.30. The highest BCUT2D eigenvalue weighted by Gasteiger charge is 2.22. The van der Waals surface area contributed by atoms with Crippen LogP contribution in [0.25, 0.3) is 0 Å². The van der Waals surface area contributed by atoms with Gasteiger partial charge < -0.3 is 9.47 Å². The van der Waals surface area contributed by atoms with Crippen LogP contribution < -0.4 is 0 Å². The van der Waals surface area contributed by atoms with Crippen LogP contribution in [0.1, 0.15) is 27.2 Å². The van der Waals surface area contributed by atoms with E-state index in [0.717, 1.165) is 12.2 Å². The van der Waals surface area contributed by atoms with Gasteiger partial charge in [-0.15, -0.1) is 0 Å². The van der Waals surface area contributed by atoms with Crippen LogP contribution in [0.4, 0.5) is 0 Å². The Morgan fingerprint density at radius 2 is 1.42 bits per heavy atom. The SMILES string of the molecule is CC=CC(=O)OC(=O)CC(C)C(=O)OC(=O)C=CC. The minimum atomic E-state index is -0.875. The molecule has 104 valence electrons. The van der Waals surface area contributed by atoms with Crippen LogP contribution in [0.3, 0.4) is 0 Å². The topological polar surface area (TPSA) is 86.7 Å². The van der Waals surface area contributed by atoms with Crippen LogP contribution in [-0.4, -0.2) is 23.9 Å². The molecule has 0 aliphatic carbocycles. The Labute approximate surface area is 111 Å². The Bertz CT molecular complexity index is 419. The average molecular weight is 268 g/mol. The fourth-order valence-corrected chi connectivity index (χ4v) is 1.03. The molecule has 0 amide bonds. The summed E-state index contributed by atoms with van der Waals surface area (Å²) in [6.45, 7) is 4.59. The maximum atomic E-state index is 11.4. The standard InChI is InChI=1S/C13H16O6/c1-4-6-10(14)18-12(16)8-9(3)13(17)19-11(15)7-5-2/h4-7,9H,8H2,1-3H3. The Hall–Kier alpha value is -2.24. The summed E-state index contributed by atoms with van der Waals surface area (Å²) in [5, 5.41) is 0. The number of allylic oxidation sites excluding steroid dienone is 2. The van der Waals surface area contributed by atoms with E-state index in [2.05, 4.69) is 9.47 Å². The fourth-order valence-electron chi connectivity index (χ4n) is 1.03. The Morgan fingerprint density at radius 1 is 0.947 bits per heavy atom. The van der Waals surface area contributed by atoms with Crippen molar-refractivity contribution in [3.8, 4) is 0 Å². The smallest absolute Gasteiger partial charge is 0.338 e. The summed E-state index contributed by atoms with van der Waals surface area (Å²) in [7, 11) is 0. The molecule has 1 unspecified atom stereocenters. The van der Waals surface area contributed by atoms with E-state index in [-0.39, 0.29) is 6.42 Å². The lowest BCUT2D eigenvalue weighted by Crippen LogP contribution is -2.22. The highest BCUT2D eigenvalue weighted by molar-refractivity contribution is 5.95. The second-order valence-corrected chi connectivity index (χ2v) is 3.64. The van der Waals surface area contributed by atoms with E-state index in [1.54, 1.807) is 13.8 Å². The van der Waals surface area contributed by atoms with Gasteiger partial charge in [-0.25, -0.2) is 9.59 Å². The predicted molar refractivity (Wildman–Crippen MR) is 65.6 cm³/mol. The van der Waals surface area contributed by atoms with Crippen molar-refractivity contribution in [2.24, 2.45) is 5.92 Å². The van der Waals surface area contributed by atoms with Crippen molar-refractivity contribution in [2.75, 3.05) is 0 Å². The van der Waals surface area contributed by atoms with Crippen LogP contribution in [0.2, 0.25) is 0 Å². The zero-order chi connectivity index (χ0) is 14.8. The molecule has 0 radical (unpaired) electrons. The van der Waals surface area contributed by atoms with Crippen LogP contribution in [0.15, 0.2) is 24.3 Å². The Balaban J connectivity index is 4.25. The number of carbonyl (C=O) groups is 4. The molecule has 0 aromatic carbocycles. The lowest BCUT2D eigenvalue weighted by molar-refractivity contribution is -0.164.